The van der Waals surface area contributed by atoms with Gasteiger partial charge in [0.05, 0.1) is 6.10 Å². The third-order valence-corrected chi connectivity index (χ3v) is 5.56. The third kappa shape index (κ3) is 3.49. The fourth-order valence-electron chi connectivity index (χ4n) is 3.25. The molecule has 5 nitrogen and oxygen atoms in total. The van der Waals surface area contributed by atoms with Gasteiger partial charge in [-0.3, -0.25) is 4.79 Å². The smallest absolute Gasteiger partial charge is 0.330 e. The van der Waals surface area contributed by atoms with Gasteiger partial charge in [-0.2, -0.15) is 0 Å². The Morgan fingerprint density at radius 3 is 2.46 bits per heavy atom. The molecule has 1 aliphatic rings. The van der Waals surface area contributed by atoms with Gasteiger partial charge in [-0.15, -0.1) is 0 Å². The average Bonchev–Trinajstić information content (AvgIpc) is 2.52. The fraction of sp³-hybridized carbons (Fsp3) is 0.556. The van der Waals surface area contributed by atoms with Crippen molar-refractivity contribution in [1.29, 1.82) is 0 Å². The first-order chi connectivity index (χ1) is 11.2. The van der Waals surface area contributed by atoms with Crippen molar-refractivity contribution >= 4 is 27.8 Å². The molecule has 0 saturated heterocycles. The molecule has 0 aliphatic heterocycles. The summed E-state index contributed by atoms with van der Waals surface area (Å²) in [5.41, 5.74) is -0.871. The maximum absolute atomic E-state index is 12.3. The molecule has 0 aromatic heterocycles. The molecule has 2 rings (SSSR count). The zero-order chi connectivity index (χ0) is 18.0. The van der Waals surface area contributed by atoms with Crippen LogP contribution in [0.3, 0.4) is 0 Å². The molecule has 0 heterocycles. The number of halogens is 1. The molecule has 6 heteroatoms. The first kappa shape index (κ1) is 18.9. The zero-order valence-corrected chi connectivity index (χ0v) is 15.9. The fourth-order valence-corrected chi connectivity index (χ4v) is 3.51. The van der Waals surface area contributed by atoms with Crippen LogP contribution < -0.4 is 5.32 Å². The summed E-state index contributed by atoms with van der Waals surface area (Å²) in [5.74, 6) is -1.25. The number of aryl methyl sites for hydroxylation is 1. The van der Waals surface area contributed by atoms with Crippen LogP contribution in [0.25, 0.3) is 0 Å². The number of hydrogen-bond acceptors (Lipinski definition) is 3. The number of nitrogens with one attached hydrogen (secondary N) is 1. The van der Waals surface area contributed by atoms with E-state index >= 15 is 0 Å². The monoisotopic (exact) mass is 397 g/mol. The van der Waals surface area contributed by atoms with Gasteiger partial charge in [-0.05, 0) is 31.0 Å². The minimum atomic E-state index is -1.26. The Labute approximate surface area is 150 Å². The number of carboxylic acids is 1. The molecular formula is C18H24BrNO4. The Morgan fingerprint density at radius 1 is 1.33 bits per heavy atom. The first-order valence-corrected chi connectivity index (χ1v) is 8.92. The molecule has 2 atom stereocenters. The van der Waals surface area contributed by atoms with Crippen LogP contribution in [-0.2, 0) is 20.7 Å². The van der Waals surface area contributed by atoms with E-state index in [-0.39, 0.29) is 18.4 Å². The van der Waals surface area contributed by atoms with Crippen molar-refractivity contribution in [1.82, 2.24) is 5.32 Å². The van der Waals surface area contributed by atoms with Gasteiger partial charge in [0.15, 0.2) is 0 Å². The van der Waals surface area contributed by atoms with Gasteiger partial charge in [0, 0.05) is 29.3 Å². The van der Waals surface area contributed by atoms with Crippen LogP contribution in [0.2, 0.25) is 0 Å². The Balaban J connectivity index is 2.00. The average molecular weight is 398 g/mol. The van der Waals surface area contributed by atoms with Gasteiger partial charge in [0.1, 0.15) is 5.54 Å². The lowest BCUT2D eigenvalue weighted by molar-refractivity contribution is -0.194. The lowest BCUT2D eigenvalue weighted by atomic mass is 9.54. The maximum Gasteiger partial charge on any atom is 0.330 e. The summed E-state index contributed by atoms with van der Waals surface area (Å²) in [6.07, 6.45) is 0.967. The Morgan fingerprint density at radius 2 is 1.96 bits per heavy atom. The van der Waals surface area contributed by atoms with Crippen molar-refractivity contribution in [3.8, 4) is 0 Å². The largest absolute Gasteiger partial charge is 0.479 e. The highest BCUT2D eigenvalue weighted by atomic mass is 79.9. The topological polar surface area (TPSA) is 75.6 Å². The Hall–Kier alpha value is -1.40. The minimum absolute atomic E-state index is 0.162. The minimum Gasteiger partial charge on any atom is -0.479 e. The van der Waals surface area contributed by atoms with Crippen LogP contribution >= 0.6 is 15.9 Å². The van der Waals surface area contributed by atoms with Crippen molar-refractivity contribution in [3.63, 3.8) is 0 Å². The van der Waals surface area contributed by atoms with Crippen molar-refractivity contribution in [2.45, 2.75) is 51.7 Å². The number of hydrogen-bond donors (Lipinski definition) is 2. The van der Waals surface area contributed by atoms with Gasteiger partial charge >= 0.3 is 5.97 Å². The van der Waals surface area contributed by atoms with E-state index in [2.05, 4.69) is 21.2 Å². The summed E-state index contributed by atoms with van der Waals surface area (Å²) in [4.78, 5) is 24.2. The van der Waals surface area contributed by atoms with E-state index in [9.17, 15) is 14.7 Å². The summed E-state index contributed by atoms with van der Waals surface area (Å²) in [6, 6.07) is 7.74. The number of carbonyl (C=O) groups is 2. The number of aliphatic carboxylic acids is 1. The molecule has 1 aliphatic carbocycles. The number of amides is 1. The Bertz CT molecular complexity index is 614. The molecular weight excluding hydrogens is 374 g/mol. The van der Waals surface area contributed by atoms with Crippen molar-refractivity contribution in [2.75, 3.05) is 6.61 Å². The first-order valence-electron chi connectivity index (χ1n) is 8.13. The van der Waals surface area contributed by atoms with Gasteiger partial charge in [-0.25, -0.2) is 4.79 Å². The van der Waals surface area contributed by atoms with E-state index < -0.39 is 16.9 Å². The molecule has 24 heavy (non-hydrogen) atoms. The standard InChI is InChI=1S/C18H24BrNO4/c1-4-24-14-11-18(16(22)23,17(14,2)3)20-15(21)10-7-12-5-8-13(19)9-6-12/h5-6,8-9,14H,4,7,10-11H2,1-3H3,(H,20,21)(H,22,23). The lowest BCUT2D eigenvalue weighted by Gasteiger charge is -2.58. The molecule has 2 N–H and O–H groups in total. The van der Waals surface area contributed by atoms with Crippen molar-refractivity contribution in [2.24, 2.45) is 5.41 Å². The number of benzene rings is 1. The van der Waals surface area contributed by atoms with Crippen LogP contribution in [0.5, 0.6) is 0 Å². The normalized spacial score (nSPS) is 24.9. The molecule has 1 aromatic carbocycles. The highest BCUT2D eigenvalue weighted by Gasteiger charge is 2.66. The second kappa shape index (κ2) is 7.23. The number of ether oxygens (including phenoxy) is 1. The zero-order valence-electron chi connectivity index (χ0n) is 14.3. The van der Waals surface area contributed by atoms with E-state index in [1.807, 2.05) is 45.0 Å². The summed E-state index contributed by atoms with van der Waals surface area (Å²) >= 11 is 3.37. The molecule has 1 fully saturated rings. The van der Waals surface area contributed by atoms with E-state index in [0.29, 0.717) is 19.4 Å². The highest BCUT2D eigenvalue weighted by molar-refractivity contribution is 9.10. The van der Waals surface area contributed by atoms with Crippen LogP contribution in [0.4, 0.5) is 0 Å². The van der Waals surface area contributed by atoms with Crippen molar-refractivity contribution < 1.29 is 19.4 Å². The quantitative estimate of drug-likeness (QED) is 0.740. The van der Waals surface area contributed by atoms with Crippen LogP contribution in [0.1, 0.15) is 39.2 Å². The van der Waals surface area contributed by atoms with Gasteiger partial charge < -0.3 is 15.2 Å². The molecule has 1 amide bonds. The van der Waals surface area contributed by atoms with Crippen LogP contribution in [0, 0.1) is 5.41 Å². The van der Waals surface area contributed by atoms with Crippen LogP contribution in [0.15, 0.2) is 28.7 Å². The number of rotatable bonds is 7. The van der Waals surface area contributed by atoms with Gasteiger partial charge in [0.25, 0.3) is 0 Å². The van der Waals surface area contributed by atoms with E-state index in [1.165, 1.54) is 0 Å². The van der Waals surface area contributed by atoms with Gasteiger partial charge in [0.2, 0.25) is 5.91 Å². The second-order valence-electron chi connectivity index (χ2n) is 6.75. The highest BCUT2D eigenvalue weighted by Crippen LogP contribution is 2.51. The number of carboxylic acid groups (broad SMARTS) is 1. The molecule has 1 aromatic rings. The third-order valence-electron chi connectivity index (χ3n) is 5.04. The molecule has 2 unspecified atom stereocenters. The molecule has 0 spiro atoms. The summed E-state index contributed by atoms with van der Waals surface area (Å²) < 4.78 is 6.59. The lowest BCUT2D eigenvalue weighted by Crippen LogP contribution is -2.76. The maximum atomic E-state index is 12.3. The summed E-state index contributed by atoms with van der Waals surface area (Å²) in [6.45, 7) is 6.08. The van der Waals surface area contributed by atoms with Crippen molar-refractivity contribution in [3.05, 3.63) is 34.3 Å². The summed E-state index contributed by atoms with van der Waals surface area (Å²) in [5, 5.41) is 12.5. The number of carbonyl (C=O) groups excluding carboxylic acids is 1. The predicted molar refractivity (Wildman–Crippen MR) is 94.8 cm³/mol. The van der Waals surface area contributed by atoms with Crippen LogP contribution in [-0.4, -0.2) is 35.2 Å². The molecule has 132 valence electrons. The second-order valence-corrected chi connectivity index (χ2v) is 7.67. The Kier molecular flexibility index (Phi) is 5.71. The van der Waals surface area contributed by atoms with Gasteiger partial charge in [-0.1, -0.05) is 41.9 Å². The van der Waals surface area contributed by atoms with E-state index in [4.69, 9.17) is 4.74 Å². The summed E-state index contributed by atoms with van der Waals surface area (Å²) in [7, 11) is 0. The molecule has 1 saturated carbocycles. The molecule has 0 bridgehead atoms. The SMILES string of the molecule is CCOC1CC(NC(=O)CCc2ccc(Br)cc2)(C(=O)O)C1(C)C. The van der Waals surface area contributed by atoms with E-state index in [0.717, 1.165) is 10.0 Å². The van der Waals surface area contributed by atoms with E-state index in [1.54, 1.807) is 0 Å². The molecule has 0 radical (unpaired) electrons. The predicted octanol–water partition coefficient (Wildman–Crippen LogP) is 3.16.